The zero-order chi connectivity index (χ0) is 17.5. The van der Waals surface area contributed by atoms with Crippen LogP contribution in [0, 0.1) is 0 Å². The van der Waals surface area contributed by atoms with E-state index in [1.165, 1.54) is 12.1 Å². The fourth-order valence-corrected chi connectivity index (χ4v) is 1.64. The Morgan fingerprint density at radius 3 is 2.29 bits per heavy atom. The molecule has 0 saturated carbocycles. The van der Waals surface area contributed by atoms with Crippen molar-refractivity contribution in [2.75, 3.05) is 19.7 Å². The monoisotopic (exact) mass is 369 g/mol. The Morgan fingerprint density at radius 1 is 1.21 bits per heavy atom. The van der Waals surface area contributed by atoms with Crippen molar-refractivity contribution in [2.24, 2.45) is 5.73 Å². The number of benzene rings is 1. The van der Waals surface area contributed by atoms with Gasteiger partial charge in [0.15, 0.2) is 6.61 Å². The van der Waals surface area contributed by atoms with Gasteiger partial charge in [-0.05, 0) is 24.6 Å². The molecule has 1 atom stereocenters. The minimum Gasteiger partial charge on any atom is -0.484 e. The number of rotatable bonds is 7. The number of hydrogen-bond acceptors (Lipinski definition) is 4. The molecule has 1 aromatic rings. The molecule has 4 N–H and O–H groups in total. The van der Waals surface area contributed by atoms with Crippen molar-refractivity contribution >= 4 is 24.2 Å². The van der Waals surface area contributed by atoms with Crippen LogP contribution in [0.15, 0.2) is 24.3 Å². The van der Waals surface area contributed by atoms with Gasteiger partial charge in [0.2, 0.25) is 11.8 Å². The number of nitrogens with one attached hydrogen (secondary N) is 2. The molecule has 0 aromatic heterocycles. The standard InChI is InChI=1S/C14H18F3N3O3.ClH/c1-9(20-13(22)7-19-12(21)6-18)10-2-4-11(5-3-10)23-8-14(15,16)17;/h2-5,9H,6-8,18H2,1H3,(H,19,21)(H,20,22);1H. The molecule has 6 nitrogen and oxygen atoms in total. The summed E-state index contributed by atoms with van der Waals surface area (Å²) in [5.41, 5.74) is 5.77. The third-order valence-corrected chi connectivity index (χ3v) is 2.79. The SMILES string of the molecule is CC(NC(=O)CNC(=O)CN)c1ccc(OCC(F)(F)F)cc1.Cl. The lowest BCUT2D eigenvalue weighted by atomic mass is 10.1. The second-order valence-electron chi connectivity index (χ2n) is 4.74. The van der Waals surface area contributed by atoms with Crippen LogP contribution in [0.2, 0.25) is 0 Å². The summed E-state index contributed by atoms with van der Waals surface area (Å²) >= 11 is 0. The van der Waals surface area contributed by atoms with Crippen LogP contribution < -0.4 is 21.1 Å². The maximum Gasteiger partial charge on any atom is 0.422 e. The van der Waals surface area contributed by atoms with E-state index in [0.717, 1.165) is 0 Å². The van der Waals surface area contributed by atoms with Gasteiger partial charge in [0, 0.05) is 0 Å². The molecule has 24 heavy (non-hydrogen) atoms. The van der Waals surface area contributed by atoms with Gasteiger partial charge in [-0.2, -0.15) is 13.2 Å². The smallest absolute Gasteiger partial charge is 0.422 e. The molecule has 1 rings (SSSR count). The molecule has 0 aliphatic carbocycles. The molecule has 0 aliphatic heterocycles. The summed E-state index contributed by atoms with van der Waals surface area (Å²) in [6, 6.07) is 5.50. The second kappa shape index (κ2) is 9.99. The summed E-state index contributed by atoms with van der Waals surface area (Å²) in [6.45, 7) is -0.0664. The Labute approximate surface area is 143 Å². The normalized spacial score (nSPS) is 11.9. The molecule has 1 unspecified atom stereocenters. The Morgan fingerprint density at radius 2 is 1.79 bits per heavy atom. The number of halogens is 4. The third-order valence-electron chi connectivity index (χ3n) is 2.79. The Balaban J connectivity index is 0.00000529. The summed E-state index contributed by atoms with van der Waals surface area (Å²) < 4.78 is 40.7. The molecule has 0 bridgehead atoms. The highest BCUT2D eigenvalue weighted by atomic mass is 35.5. The van der Waals surface area contributed by atoms with E-state index < -0.39 is 24.6 Å². The molecule has 0 aliphatic rings. The molecule has 1 aromatic carbocycles. The van der Waals surface area contributed by atoms with Gasteiger partial charge in [0.05, 0.1) is 19.1 Å². The lowest BCUT2D eigenvalue weighted by Crippen LogP contribution is -2.40. The molecular weight excluding hydrogens is 351 g/mol. The zero-order valence-corrected chi connectivity index (χ0v) is 13.7. The first kappa shape index (κ1) is 22.0. The van der Waals surface area contributed by atoms with E-state index in [-0.39, 0.29) is 37.3 Å². The number of amides is 2. The first-order valence-electron chi connectivity index (χ1n) is 6.77. The molecule has 0 radical (unpaired) electrons. The van der Waals surface area contributed by atoms with Gasteiger partial charge in [-0.1, -0.05) is 12.1 Å². The van der Waals surface area contributed by atoms with Crippen molar-refractivity contribution in [3.63, 3.8) is 0 Å². The van der Waals surface area contributed by atoms with Crippen LogP contribution in [0.3, 0.4) is 0 Å². The molecule has 136 valence electrons. The predicted molar refractivity (Wildman–Crippen MR) is 83.9 cm³/mol. The highest BCUT2D eigenvalue weighted by molar-refractivity contribution is 5.85. The number of alkyl halides is 3. The van der Waals surface area contributed by atoms with Gasteiger partial charge in [-0.25, -0.2) is 0 Å². The van der Waals surface area contributed by atoms with E-state index >= 15 is 0 Å². The van der Waals surface area contributed by atoms with Gasteiger partial charge in [0.1, 0.15) is 5.75 Å². The molecule has 0 fully saturated rings. The topological polar surface area (TPSA) is 93.5 Å². The molecule has 10 heteroatoms. The van der Waals surface area contributed by atoms with Crippen molar-refractivity contribution in [3.8, 4) is 5.75 Å². The fourth-order valence-electron chi connectivity index (χ4n) is 1.64. The van der Waals surface area contributed by atoms with Crippen molar-refractivity contribution in [2.45, 2.75) is 19.1 Å². The van der Waals surface area contributed by atoms with Crippen LogP contribution >= 0.6 is 12.4 Å². The number of ether oxygens (including phenoxy) is 1. The number of carbonyl (C=O) groups is 2. The first-order chi connectivity index (χ1) is 10.7. The van der Waals surface area contributed by atoms with Crippen molar-refractivity contribution in [1.29, 1.82) is 0 Å². The van der Waals surface area contributed by atoms with Gasteiger partial charge in [-0.3, -0.25) is 9.59 Å². The summed E-state index contributed by atoms with van der Waals surface area (Å²) in [7, 11) is 0. The summed E-state index contributed by atoms with van der Waals surface area (Å²) in [4.78, 5) is 22.5. The third kappa shape index (κ3) is 8.59. The zero-order valence-electron chi connectivity index (χ0n) is 12.9. The minimum atomic E-state index is -4.39. The minimum absolute atomic E-state index is 0. The Bertz CT molecular complexity index is 538. The molecule has 0 spiro atoms. The van der Waals surface area contributed by atoms with Crippen LogP contribution in [-0.4, -0.2) is 37.7 Å². The number of hydrogen-bond donors (Lipinski definition) is 3. The summed E-state index contributed by atoms with van der Waals surface area (Å²) in [5.74, 6) is -0.768. The average molecular weight is 370 g/mol. The van der Waals surface area contributed by atoms with Crippen LogP contribution in [0.1, 0.15) is 18.5 Å². The van der Waals surface area contributed by atoms with Crippen molar-refractivity contribution in [1.82, 2.24) is 10.6 Å². The number of nitrogens with two attached hydrogens (primary N) is 1. The van der Waals surface area contributed by atoms with E-state index in [0.29, 0.717) is 5.56 Å². The maximum atomic E-state index is 12.0. The highest BCUT2D eigenvalue weighted by Crippen LogP contribution is 2.20. The van der Waals surface area contributed by atoms with E-state index in [9.17, 15) is 22.8 Å². The average Bonchev–Trinajstić information content (AvgIpc) is 2.50. The highest BCUT2D eigenvalue weighted by Gasteiger charge is 2.28. The lowest BCUT2D eigenvalue weighted by Gasteiger charge is -2.15. The van der Waals surface area contributed by atoms with Crippen LogP contribution in [-0.2, 0) is 9.59 Å². The quantitative estimate of drug-likeness (QED) is 0.675. The lowest BCUT2D eigenvalue weighted by molar-refractivity contribution is -0.153. The van der Waals surface area contributed by atoms with Crippen LogP contribution in [0.4, 0.5) is 13.2 Å². The second-order valence-corrected chi connectivity index (χ2v) is 4.74. The largest absolute Gasteiger partial charge is 0.484 e. The van der Waals surface area contributed by atoms with E-state index in [1.807, 2.05) is 0 Å². The first-order valence-corrected chi connectivity index (χ1v) is 6.77. The molecule has 0 saturated heterocycles. The van der Waals surface area contributed by atoms with Crippen molar-refractivity contribution in [3.05, 3.63) is 29.8 Å². The Hall–Kier alpha value is -2.00. The van der Waals surface area contributed by atoms with Crippen LogP contribution in [0.5, 0.6) is 5.75 Å². The van der Waals surface area contributed by atoms with Crippen molar-refractivity contribution < 1.29 is 27.5 Å². The fraction of sp³-hybridized carbons (Fsp3) is 0.429. The van der Waals surface area contributed by atoms with Gasteiger partial charge in [0.25, 0.3) is 0 Å². The van der Waals surface area contributed by atoms with Crippen LogP contribution in [0.25, 0.3) is 0 Å². The summed E-state index contributed by atoms with van der Waals surface area (Å²) in [5, 5.41) is 4.96. The molecular formula is C14H19ClF3N3O3. The van der Waals surface area contributed by atoms with Gasteiger partial charge >= 0.3 is 6.18 Å². The number of carbonyl (C=O) groups excluding carboxylic acids is 2. The van der Waals surface area contributed by atoms with E-state index in [2.05, 4.69) is 15.4 Å². The van der Waals surface area contributed by atoms with Gasteiger partial charge in [-0.15, -0.1) is 12.4 Å². The molecule has 0 heterocycles. The Kier molecular flexibility index (Phi) is 9.16. The van der Waals surface area contributed by atoms with Gasteiger partial charge < -0.3 is 21.1 Å². The van der Waals surface area contributed by atoms with E-state index in [4.69, 9.17) is 5.73 Å². The summed E-state index contributed by atoms with van der Waals surface area (Å²) in [6.07, 6.45) is -4.39. The molecule has 2 amide bonds. The van der Waals surface area contributed by atoms with E-state index in [1.54, 1.807) is 19.1 Å². The predicted octanol–water partition coefficient (Wildman–Crippen LogP) is 1.30. The maximum absolute atomic E-state index is 12.0.